The van der Waals surface area contributed by atoms with E-state index in [1.165, 1.54) is 23.1 Å². The van der Waals surface area contributed by atoms with Gasteiger partial charge in [0, 0.05) is 26.3 Å². The summed E-state index contributed by atoms with van der Waals surface area (Å²) in [7, 11) is 3.16. The highest BCUT2D eigenvalue weighted by Gasteiger charge is 2.55. The molecule has 0 aliphatic carbocycles. The number of rotatable bonds is 4. The van der Waals surface area contributed by atoms with Crippen LogP contribution >= 0.6 is 0 Å². The third kappa shape index (κ3) is 3.05. The van der Waals surface area contributed by atoms with E-state index in [0.29, 0.717) is 24.9 Å². The lowest BCUT2D eigenvalue weighted by Gasteiger charge is -2.33. The van der Waals surface area contributed by atoms with E-state index in [1.54, 1.807) is 7.05 Å². The number of likely N-dealkylation sites (N-methyl/N-ethyl adjacent to an activating group) is 2. The maximum Gasteiger partial charge on any atom is 0.417 e. The monoisotopic (exact) mass is 410 g/mol. The number of amidine groups is 1. The first kappa shape index (κ1) is 20.1. The highest BCUT2D eigenvalue weighted by Crippen LogP contribution is 2.24. The summed E-state index contributed by atoms with van der Waals surface area (Å²) in [6.45, 7) is 9.38. The molecule has 1 aromatic rings. The van der Waals surface area contributed by atoms with Gasteiger partial charge in [0.2, 0.25) is 11.9 Å². The van der Waals surface area contributed by atoms with Gasteiger partial charge in [-0.2, -0.15) is 0 Å². The van der Waals surface area contributed by atoms with Crippen molar-refractivity contribution in [3.05, 3.63) is 29.3 Å². The van der Waals surface area contributed by atoms with Crippen molar-refractivity contribution in [1.82, 2.24) is 14.8 Å². The van der Waals surface area contributed by atoms with E-state index >= 15 is 0 Å². The number of carbonyl (C=O) groups is 2. The first-order valence-electron chi connectivity index (χ1n) is 10.1. The SMILES string of the molecule is CC1=NN(CCNc2ccc(C)c(C)c2)C2=[N+](C1C)C1C(=O)N(C)C(=O)N(C)C1=N2. The van der Waals surface area contributed by atoms with E-state index in [2.05, 4.69) is 42.4 Å². The van der Waals surface area contributed by atoms with Crippen molar-refractivity contribution in [1.29, 1.82) is 0 Å². The van der Waals surface area contributed by atoms with Gasteiger partial charge in [-0.3, -0.25) is 14.6 Å². The van der Waals surface area contributed by atoms with Crippen LogP contribution in [0.1, 0.15) is 25.0 Å². The summed E-state index contributed by atoms with van der Waals surface area (Å²) in [6.07, 6.45) is 0. The van der Waals surface area contributed by atoms with Crippen LogP contribution in [-0.4, -0.2) is 88.1 Å². The molecular formula is C21H28N7O2+. The van der Waals surface area contributed by atoms with Gasteiger partial charge in [0.25, 0.3) is 5.91 Å². The van der Waals surface area contributed by atoms with Crippen molar-refractivity contribution in [3.63, 3.8) is 0 Å². The van der Waals surface area contributed by atoms with Crippen molar-refractivity contribution in [2.24, 2.45) is 10.1 Å². The Morgan fingerprint density at radius 3 is 2.53 bits per heavy atom. The predicted octanol–water partition coefficient (Wildman–Crippen LogP) is 1.47. The molecule has 1 saturated heterocycles. The van der Waals surface area contributed by atoms with Crippen LogP contribution < -0.4 is 5.32 Å². The molecule has 1 fully saturated rings. The molecule has 2 atom stereocenters. The first-order valence-corrected chi connectivity index (χ1v) is 10.1. The second kappa shape index (κ2) is 7.23. The molecule has 3 aliphatic rings. The van der Waals surface area contributed by atoms with Gasteiger partial charge in [-0.05, 0) is 51.0 Å². The Morgan fingerprint density at radius 1 is 1.10 bits per heavy atom. The summed E-state index contributed by atoms with van der Waals surface area (Å²) in [5.41, 5.74) is 4.45. The van der Waals surface area contributed by atoms with Gasteiger partial charge in [0.15, 0.2) is 0 Å². The predicted molar refractivity (Wildman–Crippen MR) is 116 cm³/mol. The molecule has 0 bridgehead atoms. The molecule has 9 nitrogen and oxygen atoms in total. The van der Waals surface area contributed by atoms with Crippen LogP contribution in [0.25, 0.3) is 0 Å². The van der Waals surface area contributed by atoms with E-state index in [0.717, 1.165) is 16.3 Å². The molecule has 2 unspecified atom stereocenters. The Labute approximate surface area is 176 Å². The fourth-order valence-electron chi connectivity index (χ4n) is 3.97. The van der Waals surface area contributed by atoms with Crippen LogP contribution in [0.3, 0.4) is 0 Å². The second-order valence-electron chi connectivity index (χ2n) is 8.08. The van der Waals surface area contributed by atoms with Crippen LogP contribution in [0.5, 0.6) is 0 Å². The smallest absolute Gasteiger partial charge is 0.382 e. The largest absolute Gasteiger partial charge is 0.417 e. The average Bonchev–Trinajstić information content (AvgIpc) is 3.12. The van der Waals surface area contributed by atoms with E-state index in [-0.39, 0.29) is 18.0 Å². The number of benzene rings is 1. The number of hydrazone groups is 1. The maximum absolute atomic E-state index is 12.9. The lowest BCUT2D eigenvalue weighted by atomic mass is 10.1. The Hall–Kier alpha value is -3.23. The number of nitrogens with one attached hydrogen (secondary N) is 1. The van der Waals surface area contributed by atoms with Crippen LogP contribution in [0.4, 0.5) is 10.5 Å². The van der Waals surface area contributed by atoms with E-state index < -0.39 is 6.04 Å². The van der Waals surface area contributed by atoms with Crippen molar-refractivity contribution in [3.8, 4) is 0 Å². The van der Waals surface area contributed by atoms with Crippen LogP contribution in [-0.2, 0) is 4.79 Å². The Bertz CT molecular complexity index is 1030. The topological polar surface area (TPSA) is 83.6 Å². The number of amides is 3. The van der Waals surface area contributed by atoms with Crippen LogP contribution in [0.15, 0.2) is 28.3 Å². The summed E-state index contributed by atoms with van der Waals surface area (Å²) in [5.74, 6) is 0.807. The van der Waals surface area contributed by atoms with Gasteiger partial charge < -0.3 is 5.32 Å². The summed E-state index contributed by atoms with van der Waals surface area (Å²) >= 11 is 0. The lowest BCUT2D eigenvalue weighted by molar-refractivity contribution is -0.559. The molecule has 3 amide bonds. The summed E-state index contributed by atoms with van der Waals surface area (Å²) in [5, 5.41) is 9.96. The normalized spacial score (nSPS) is 23.5. The molecule has 3 aliphatic heterocycles. The highest BCUT2D eigenvalue weighted by atomic mass is 16.2. The number of hydrogen-bond donors (Lipinski definition) is 1. The minimum absolute atomic E-state index is 0.0887. The fraction of sp³-hybridized carbons (Fsp3) is 0.476. The number of nitrogens with zero attached hydrogens (tertiary/aromatic N) is 6. The number of urea groups is 1. The molecule has 1 N–H and O–H groups in total. The molecule has 9 heteroatoms. The molecule has 1 aromatic carbocycles. The van der Waals surface area contributed by atoms with Crippen molar-refractivity contribution < 1.29 is 14.2 Å². The van der Waals surface area contributed by atoms with Gasteiger partial charge in [-0.15, -0.1) is 10.1 Å². The Morgan fingerprint density at radius 2 is 1.83 bits per heavy atom. The molecule has 0 spiro atoms. The quantitative estimate of drug-likeness (QED) is 0.762. The van der Waals surface area contributed by atoms with E-state index in [4.69, 9.17) is 5.10 Å². The molecular weight excluding hydrogens is 382 g/mol. The summed E-state index contributed by atoms with van der Waals surface area (Å²) < 4.78 is 1.97. The molecule has 158 valence electrons. The summed E-state index contributed by atoms with van der Waals surface area (Å²) in [4.78, 5) is 32.6. The van der Waals surface area contributed by atoms with Gasteiger partial charge in [0.1, 0.15) is 12.6 Å². The minimum atomic E-state index is -0.608. The fourth-order valence-corrected chi connectivity index (χ4v) is 3.97. The third-order valence-electron chi connectivity index (χ3n) is 6.14. The number of guanidine groups is 1. The zero-order chi connectivity index (χ0) is 21.7. The number of anilines is 1. The van der Waals surface area contributed by atoms with Crippen molar-refractivity contribution >= 4 is 35.1 Å². The lowest BCUT2D eigenvalue weighted by Crippen LogP contribution is -2.63. The van der Waals surface area contributed by atoms with Gasteiger partial charge in [-0.25, -0.2) is 9.37 Å². The second-order valence-corrected chi connectivity index (χ2v) is 8.08. The van der Waals surface area contributed by atoms with Crippen LogP contribution in [0, 0.1) is 13.8 Å². The molecule has 3 heterocycles. The highest BCUT2D eigenvalue weighted by molar-refractivity contribution is 6.23. The molecule has 0 saturated carbocycles. The number of imide groups is 1. The van der Waals surface area contributed by atoms with Crippen LogP contribution in [0.2, 0.25) is 0 Å². The first-order chi connectivity index (χ1) is 14.2. The Kier molecular flexibility index (Phi) is 4.83. The Balaban J connectivity index is 1.58. The zero-order valence-corrected chi connectivity index (χ0v) is 18.3. The van der Waals surface area contributed by atoms with Crippen molar-refractivity contribution in [2.45, 2.75) is 39.8 Å². The standard InChI is InChI=1S/C21H28N7O2/c1-12-7-8-16(11-13(12)2)22-9-10-27-20-23-18-17(28(20)15(4)14(3)24-27)19(29)26(6)21(30)25(18)5/h7-8,11,15,17,22H,9-10H2,1-6H3/q+1. The number of carbonyl (C=O) groups excluding carboxylic acids is 2. The molecule has 0 aromatic heterocycles. The summed E-state index contributed by atoms with van der Waals surface area (Å²) in [6, 6.07) is 5.22. The molecule has 30 heavy (non-hydrogen) atoms. The number of hydrogen-bond acceptors (Lipinski definition) is 6. The minimum Gasteiger partial charge on any atom is -0.382 e. The number of fused-ring (bicyclic) bond motifs is 2. The van der Waals surface area contributed by atoms with Gasteiger partial charge in [-0.1, -0.05) is 11.1 Å². The van der Waals surface area contributed by atoms with Gasteiger partial charge in [0.05, 0.1) is 5.71 Å². The number of aryl methyl sites for hydroxylation is 2. The molecule has 4 rings (SSSR count). The maximum atomic E-state index is 12.9. The molecule has 0 radical (unpaired) electrons. The van der Waals surface area contributed by atoms with E-state index in [1.807, 2.05) is 23.4 Å². The van der Waals surface area contributed by atoms with Crippen molar-refractivity contribution in [2.75, 3.05) is 32.5 Å². The zero-order valence-electron chi connectivity index (χ0n) is 18.3. The van der Waals surface area contributed by atoms with Gasteiger partial charge >= 0.3 is 12.0 Å². The third-order valence-corrected chi connectivity index (χ3v) is 6.14. The number of aliphatic imine (C=N–C) groups is 1. The van der Waals surface area contributed by atoms with E-state index in [9.17, 15) is 9.59 Å². The average molecular weight is 411 g/mol.